The molecule has 262 valence electrons. The smallest absolute Gasteiger partial charge is 0.319 e. The molecule has 0 bridgehead atoms. The van der Waals surface area contributed by atoms with Crippen molar-refractivity contribution in [1.29, 1.82) is 0 Å². The first kappa shape index (κ1) is 38.3. The maximum absolute atomic E-state index is 14.3. The van der Waals surface area contributed by atoms with Gasteiger partial charge in [0.05, 0.1) is 17.8 Å². The molecule has 0 amide bonds. The van der Waals surface area contributed by atoms with Gasteiger partial charge in [0.1, 0.15) is 17.6 Å². The predicted octanol–water partition coefficient (Wildman–Crippen LogP) is 3.83. The molecule has 0 aromatic carbocycles. The monoisotopic (exact) mass is 639 g/mol. The number of carbonyl (C=O) groups is 2. The van der Waals surface area contributed by atoms with Crippen molar-refractivity contribution < 1.29 is 33.6 Å². The maximum Gasteiger partial charge on any atom is 0.319 e. The van der Waals surface area contributed by atoms with E-state index in [9.17, 15) is 14.7 Å². The van der Waals surface area contributed by atoms with E-state index in [-0.39, 0.29) is 36.0 Å². The summed E-state index contributed by atoms with van der Waals surface area (Å²) in [5.74, 6) is -1.03. The van der Waals surface area contributed by atoms with Crippen molar-refractivity contribution in [2.75, 3.05) is 47.9 Å². The van der Waals surface area contributed by atoms with Gasteiger partial charge in [0, 0.05) is 37.7 Å². The molecule has 3 aliphatic heterocycles. The molecule has 0 radical (unpaired) electrons. The van der Waals surface area contributed by atoms with Crippen LogP contribution in [0, 0.1) is 23.2 Å². The quantitative estimate of drug-likeness (QED) is 0.341. The summed E-state index contributed by atoms with van der Waals surface area (Å²) < 4.78 is 25.3. The number of likely N-dealkylation sites (tertiary alicyclic amines) is 1. The van der Waals surface area contributed by atoms with Crippen molar-refractivity contribution in [3.8, 4) is 0 Å². The number of likely N-dealkylation sites (N-methyl/N-ethyl adjacent to an activating group) is 2. The minimum Gasteiger partial charge on any atom is -0.460 e. The Hall–Kier alpha value is -1.14. The van der Waals surface area contributed by atoms with E-state index >= 15 is 0 Å². The number of ketones is 1. The van der Waals surface area contributed by atoms with Crippen molar-refractivity contribution in [1.82, 2.24) is 14.7 Å². The number of aliphatic hydroxyl groups excluding tert-OH is 1. The molecule has 10 heteroatoms. The first-order valence-electron chi connectivity index (χ1n) is 17.2. The Morgan fingerprint density at radius 2 is 1.64 bits per heavy atom. The van der Waals surface area contributed by atoms with Gasteiger partial charge in [0.25, 0.3) is 0 Å². The maximum atomic E-state index is 14.3. The molecular formula is C35H65N3O7. The molecule has 0 aliphatic carbocycles. The van der Waals surface area contributed by atoms with Gasteiger partial charge >= 0.3 is 5.97 Å². The van der Waals surface area contributed by atoms with Crippen LogP contribution in [0.2, 0.25) is 0 Å². The summed E-state index contributed by atoms with van der Waals surface area (Å²) >= 11 is 0. The first-order valence-corrected chi connectivity index (χ1v) is 17.2. The Labute approximate surface area is 273 Å². The summed E-state index contributed by atoms with van der Waals surface area (Å²) in [7, 11) is 7.65. The molecule has 3 heterocycles. The van der Waals surface area contributed by atoms with Crippen LogP contribution in [0.5, 0.6) is 0 Å². The van der Waals surface area contributed by atoms with Crippen LogP contribution in [0.15, 0.2) is 0 Å². The lowest BCUT2D eigenvalue weighted by atomic mass is 9.74. The van der Waals surface area contributed by atoms with Crippen molar-refractivity contribution in [2.45, 2.75) is 142 Å². The van der Waals surface area contributed by atoms with Gasteiger partial charge in [-0.25, -0.2) is 0 Å². The summed E-state index contributed by atoms with van der Waals surface area (Å²) in [6.45, 7) is 20.5. The third kappa shape index (κ3) is 8.67. The molecule has 0 saturated carbocycles. The topological polar surface area (TPSA) is 101 Å². The average molecular weight is 640 g/mol. The Morgan fingerprint density at radius 3 is 2.18 bits per heavy atom. The molecule has 10 atom stereocenters. The number of nitrogens with zero attached hydrogens (tertiary/aromatic N) is 3. The molecular weight excluding hydrogens is 574 g/mol. The number of cyclic esters (lactones) is 1. The molecule has 1 unspecified atom stereocenters. The number of carbonyl (C=O) groups excluding carboxylic acids is 2. The van der Waals surface area contributed by atoms with E-state index < -0.39 is 41.4 Å². The number of rotatable bonds is 6. The van der Waals surface area contributed by atoms with Crippen LogP contribution in [0.25, 0.3) is 0 Å². The lowest BCUT2D eigenvalue weighted by molar-refractivity contribution is -0.295. The fraction of sp³-hybridized carbons (Fsp3) is 0.943. The second kappa shape index (κ2) is 15.4. The second-order valence-electron chi connectivity index (χ2n) is 15.7. The van der Waals surface area contributed by atoms with E-state index in [0.29, 0.717) is 24.8 Å². The van der Waals surface area contributed by atoms with Crippen LogP contribution in [-0.2, 0) is 28.5 Å². The van der Waals surface area contributed by atoms with Gasteiger partial charge in [-0.1, -0.05) is 13.8 Å². The number of aliphatic hydroxyl groups is 1. The third-order valence-electron chi connectivity index (χ3n) is 11.0. The number of piperidine rings is 1. The van der Waals surface area contributed by atoms with Crippen molar-refractivity contribution in [3.63, 3.8) is 0 Å². The fourth-order valence-electron chi connectivity index (χ4n) is 8.35. The zero-order valence-corrected chi connectivity index (χ0v) is 30.5. The highest BCUT2D eigenvalue weighted by molar-refractivity contribution is 6.04. The zero-order valence-electron chi connectivity index (χ0n) is 30.5. The van der Waals surface area contributed by atoms with E-state index in [4.69, 9.17) is 18.9 Å². The zero-order chi connectivity index (χ0) is 34.0. The van der Waals surface area contributed by atoms with Crippen LogP contribution < -0.4 is 0 Å². The van der Waals surface area contributed by atoms with Gasteiger partial charge < -0.3 is 33.9 Å². The van der Waals surface area contributed by atoms with Gasteiger partial charge in [0.2, 0.25) is 0 Å². The van der Waals surface area contributed by atoms with Crippen molar-refractivity contribution in [3.05, 3.63) is 0 Å². The Bertz CT molecular complexity index is 984. The Kier molecular flexibility index (Phi) is 13.1. The largest absolute Gasteiger partial charge is 0.460 e. The summed E-state index contributed by atoms with van der Waals surface area (Å²) in [5, 5.41) is 11.3. The minimum atomic E-state index is -1.42. The lowest BCUT2D eigenvalue weighted by Gasteiger charge is -2.47. The van der Waals surface area contributed by atoms with Crippen molar-refractivity contribution >= 4 is 11.8 Å². The molecule has 10 nitrogen and oxygen atoms in total. The molecule has 0 spiro atoms. The summed E-state index contributed by atoms with van der Waals surface area (Å²) in [6.07, 6.45) is 0.122. The first-order chi connectivity index (χ1) is 20.8. The SMILES string of the molecule is CO[C@]1(C)C[C@@H](C)CN(C)C(C2CCN(C(C)C)CC2)[C@H](C)OC(=O)C(C)(C)C(=O)[C@H](C)[C@H]1O[C@@H]1O[C@H](C)C[C@H](N(C)C)[C@H]1O. The van der Waals surface area contributed by atoms with E-state index in [1.165, 1.54) is 0 Å². The van der Waals surface area contributed by atoms with E-state index in [0.717, 1.165) is 32.5 Å². The number of hydrogen-bond acceptors (Lipinski definition) is 10. The number of methoxy groups -OCH3 is 1. The van der Waals surface area contributed by atoms with E-state index in [1.807, 2.05) is 39.8 Å². The highest BCUT2D eigenvalue weighted by atomic mass is 16.7. The molecule has 3 aliphatic rings. The highest BCUT2D eigenvalue weighted by Gasteiger charge is 2.52. The van der Waals surface area contributed by atoms with Crippen molar-refractivity contribution in [2.24, 2.45) is 23.2 Å². The number of esters is 1. The van der Waals surface area contributed by atoms with E-state index in [2.05, 4.69) is 37.6 Å². The Morgan fingerprint density at radius 1 is 1.04 bits per heavy atom. The van der Waals surface area contributed by atoms with Gasteiger partial charge in [0.15, 0.2) is 12.1 Å². The second-order valence-corrected chi connectivity index (χ2v) is 15.7. The van der Waals surface area contributed by atoms with Gasteiger partial charge in [-0.3, -0.25) is 14.5 Å². The predicted molar refractivity (Wildman–Crippen MR) is 176 cm³/mol. The van der Waals surface area contributed by atoms with E-state index in [1.54, 1.807) is 27.9 Å². The average Bonchev–Trinajstić information content (AvgIpc) is 2.96. The number of ether oxygens (including phenoxy) is 4. The van der Waals surface area contributed by atoms with Gasteiger partial charge in [-0.15, -0.1) is 0 Å². The lowest BCUT2D eigenvalue weighted by Crippen LogP contribution is -2.59. The summed E-state index contributed by atoms with van der Waals surface area (Å²) in [4.78, 5) is 35.1. The van der Waals surface area contributed by atoms with Gasteiger partial charge in [-0.05, 0) is 120 Å². The summed E-state index contributed by atoms with van der Waals surface area (Å²) in [6, 6.07) is 0.357. The molecule has 3 rings (SSSR count). The van der Waals surface area contributed by atoms with Crippen LogP contribution in [0.4, 0.5) is 0 Å². The van der Waals surface area contributed by atoms with Crippen LogP contribution in [-0.4, -0.2) is 134 Å². The normalized spacial score (nSPS) is 40.6. The molecule has 3 fully saturated rings. The molecule has 3 saturated heterocycles. The van der Waals surface area contributed by atoms with Crippen LogP contribution in [0.1, 0.15) is 88.0 Å². The summed E-state index contributed by atoms with van der Waals surface area (Å²) in [5.41, 5.74) is -2.33. The third-order valence-corrected chi connectivity index (χ3v) is 11.0. The number of hydrogen-bond donors (Lipinski definition) is 1. The molecule has 0 aromatic heterocycles. The molecule has 0 aromatic rings. The fourth-order valence-corrected chi connectivity index (χ4v) is 8.35. The molecule has 1 N–H and O–H groups in total. The van der Waals surface area contributed by atoms with Crippen LogP contribution >= 0.6 is 0 Å². The van der Waals surface area contributed by atoms with Crippen LogP contribution in [0.3, 0.4) is 0 Å². The minimum absolute atomic E-state index is 0.0193. The van der Waals surface area contributed by atoms with Gasteiger partial charge in [-0.2, -0.15) is 0 Å². The number of Topliss-reactive ketones (excluding diaryl/α,β-unsaturated/α-hetero) is 1. The Balaban J connectivity index is 2.00. The molecule has 45 heavy (non-hydrogen) atoms. The highest BCUT2D eigenvalue weighted by Crippen LogP contribution is 2.39. The standard InChI is InChI=1S/C35H65N3O7/c1-21(2)38-16-14-26(15-17-38)28-25(6)44-33(41)34(7,8)30(40)24(5)31(35(9,42-13)19-22(3)20-37(28)12)45-32-29(39)27(36(10)11)18-23(4)43-32/h21-29,31-32,39H,14-20H2,1-13H3/t22-,23-,24+,25+,27+,28?,29-,31-,32+,35-/m1/s1.